The van der Waals surface area contributed by atoms with Crippen molar-refractivity contribution in [2.75, 3.05) is 68.9 Å². The Hall–Kier alpha value is -7.13. The fourth-order valence-electron chi connectivity index (χ4n) is 6.36. The number of nitrogens with one attached hydrogen (secondary N) is 2. The summed E-state index contributed by atoms with van der Waals surface area (Å²) in [6.07, 6.45) is 7.07. The lowest BCUT2D eigenvalue weighted by Gasteiger charge is -2.16. The van der Waals surface area contributed by atoms with Crippen LogP contribution in [0.5, 0.6) is 0 Å². The summed E-state index contributed by atoms with van der Waals surface area (Å²) in [6, 6.07) is 13.9. The Kier molecular flexibility index (Phi) is 23.0. The Morgan fingerprint density at radius 2 is 1.08 bits per heavy atom. The van der Waals surface area contributed by atoms with Crippen LogP contribution in [0.15, 0.2) is 69.5 Å². The predicted molar refractivity (Wildman–Crippen MR) is 288 cm³/mol. The third-order valence-corrected chi connectivity index (χ3v) is 13.6. The molecule has 0 atom stereocenters. The average molecular weight is 1180 g/mol. The Bertz CT molecular complexity index is 3300. The Balaban J connectivity index is 0.000000313. The number of hydrogen-bond donors (Lipinski definition) is 4. The van der Waals surface area contributed by atoms with Crippen molar-refractivity contribution in [3.05, 3.63) is 92.6 Å². The molecule has 0 spiro atoms. The molecule has 74 heavy (non-hydrogen) atoms. The maximum absolute atomic E-state index is 13.4. The van der Waals surface area contributed by atoms with Gasteiger partial charge in [0, 0.05) is 52.2 Å². The first-order valence-electron chi connectivity index (χ1n) is 22.3. The minimum absolute atomic E-state index is 0.0190. The molecule has 24 heteroatoms. The largest absolute Gasteiger partial charge is 0.481 e. The number of furan rings is 2. The normalized spacial score (nSPS) is 10.8. The van der Waals surface area contributed by atoms with Crippen molar-refractivity contribution in [3.8, 4) is 46.8 Å². The van der Waals surface area contributed by atoms with E-state index in [2.05, 4.69) is 64.0 Å². The van der Waals surface area contributed by atoms with Crippen LogP contribution in [0.2, 0.25) is 0 Å². The number of carboxylic acids is 2. The number of amides is 2. The zero-order valence-electron chi connectivity index (χ0n) is 42.0. The smallest absolute Gasteiger partial charge is 0.304 e. The van der Waals surface area contributed by atoms with E-state index in [0.29, 0.717) is 26.5 Å². The second-order valence-electron chi connectivity index (χ2n) is 15.5. The maximum atomic E-state index is 13.4. The molecule has 2 aromatic carbocycles. The number of anilines is 2. The van der Waals surface area contributed by atoms with Gasteiger partial charge < -0.3 is 34.6 Å². The van der Waals surface area contributed by atoms with Gasteiger partial charge in [-0.2, -0.15) is 9.97 Å². The van der Waals surface area contributed by atoms with Crippen molar-refractivity contribution in [1.82, 2.24) is 25.5 Å². The molecule has 4 heterocycles. The molecule has 0 unspecified atom stereocenters. The fourth-order valence-corrected chi connectivity index (χ4v) is 8.22. The number of terminal acetylenes is 1. The highest BCUT2D eigenvalue weighted by Gasteiger charge is 2.28. The van der Waals surface area contributed by atoms with E-state index >= 15 is 0 Å². The molecule has 4 N–H and O–H groups in total. The summed E-state index contributed by atoms with van der Waals surface area (Å²) in [5, 5.41) is 22.5. The summed E-state index contributed by atoms with van der Waals surface area (Å²) in [6.45, 7) is 10.1. The number of sulfonamides is 2. The number of carbonyl (C=O) groups excluding carboxylic acids is 2. The third kappa shape index (κ3) is 16.7. The number of nitrogens with zero attached hydrogens (tertiary/aromatic N) is 5. The highest BCUT2D eigenvalue weighted by Crippen LogP contribution is 2.37. The van der Waals surface area contributed by atoms with Crippen LogP contribution < -0.4 is 19.2 Å². The molecule has 0 bridgehead atoms. The SMILES string of the molecule is C#CCCC(=O)O.CCN(CC)CC.CNC(=O)c1c(-c2ccc(F)cc2)oc2nc(N(C)S(C)(=O)=O)c(C#CCCC(=O)O)cc12.CNC(=O)c1c(-c2ccc(F)cc2)oc2nc(N(C)S(C)(=O)=O)c(I)cc12. The van der Waals surface area contributed by atoms with Crippen LogP contribution >= 0.6 is 22.6 Å². The molecule has 0 saturated carbocycles. The van der Waals surface area contributed by atoms with Crippen LogP contribution in [-0.2, 0) is 29.6 Å². The van der Waals surface area contributed by atoms with Gasteiger partial charge in [-0.15, -0.1) is 12.3 Å². The van der Waals surface area contributed by atoms with Gasteiger partial charge in [-0.05, 0) is 103 Å². The molecule has 0 radical (unpaired) electrons. The molecule has 0 aliphatic rings. The highest BCUT2D eigenvalue weighted by molar-refractivity contribution is 14.1. The summed E-state index contributed by atoms with van der Waals surface area (Å²) < 4.78 is 88.7. The van der Waals surface area contributed by atoms with Crippen LogP contribution in [0, 0.1) is 39.4 Å². The van der Waals surface area contributed by atoms with Crippen LogP contribution in [0.25, 0.3) is 44.8 Å². The number of fused-ring (bicyclic) bond motifs is 2. The van der Waals surface area contributed by atoms with Crippen LogP contribution in [-0.4, -0.2) is 126 Å². The van der Waals surface area contributed by atoms with Crippen LogP contribution in [0.1, 0.15) is 72.7 Å². The number of benzene rings is 2. The molecule has 0 fully saturated rings. The van der Waals surface area contributed by atoms with Crippen molar-refractivity contribution >= 4 is 100 Å². The van der Waals surface area contributed by atoms with E-state index in [1.807, 2.05) is 22.6 Å². The molecule has 19 nitrogen and oxygen atoms in total. The van der Waals surface area contributed by atoms with E-state index < -0.39 is 55.4 Å². The summed E-state index contributed by atoms with van der Waals surface area (Å²) in [4.78, 5) is 56.5. The molecule has 2 amide bonds. The number of pyridine rings is 2. The molecule has 396 valence electrons. The summed E-state index contributed by atoms with van der Waals surface area (Å²) in [5.41, 5.74) is 1.54. The van der Waals surface area contributed by atoms with Crippen molar-refractivity contribution in [1.29, 1.82) is 0 Å². The molecule has 6 aromatic rings. The number of aliphatic carboxylic acids is 2. The van der Waals surface area contributed by atoms with Gasteiger partial charge in [0.1, 0.15) is 23.2 Å². The van der Waals surface area contributed by atoms with Gasteiger partial charge in [0.05, 0.1) is 56.4 Å². The number of carboxylic acid groups (broad SMARTS) is 2. The number of aromatic nitrogens is 2. The first-order valence-corrected chi connectivity index (χ1v) is 27.1. The Labute approximate surface area is 441 Å². The molecule has 0 saturated heterocycles. The van der Waals surface area contributed by atoms with Crippen molar-refractivity contribution in [2.45, 2.75) is 46.5 Å². The minimum atomic E-state index is -3.73. The molecule has 0 aliphatic heterocycles. The van der Waals surface area contributed by atoms with Crippen LogP contribution in [0.4, 0.5) is 20.4 Å². The lowest BCUT2D eigenvalue weighted by Crippen LogP contribution is -2.26. The fraction of sp³-hybridized carbons (Fsp3) is 0.320. The molecular weight excluding hydrogens is 1120 g/mol. The predicted octanol–water partition coefficient (Wildman–Crippen LogP) is 7.43. The van der Waals surface area contributed by atoms with E-state index in [1.54, 1.807) is 6.07 Å². The molecule has 0 aliphatic carbocycles. The van der Waals surface area contributed by atoms with E-state index in [1.165, 1.54) is 102 Å². The Morgan fingerprint density at radius 3 is 1.43 bits per heavy atom. The van der Waals surface area contributed by atoms with E-state index in [-0.39, 0.29) is 75.9 Å². The maximum Gasteiger partial charge on any atom is 0.304 e. The van der Waals surface area contributed by atoms with E-state index in [0.717, 1.165) is 21.1 Å². The Morgan fingerprint density at radius 1 is 0.689 bits per heavy atom. The second kappa shape index (κ2) is 27.8. The number of carbonyl (C=O) groups is 4. The van der Waals surface area contributed by atoms with Crippen molar-refractivity contribution in [2.24, 2.45) is 0 Å². The third-order valence-electron chi connectivity index (χ3n) is 10.5. The first-order chi connectivity index (χ1) is 34.8. The quantitative estimate of drug-likeness (QED) is 0.0575. The van der Waals surface area contributed by atoms with Gasteiger partial charge in [-0.3, -0.25) is 27.8 Å². The van der Waals surface area contributed by atoms with Gasteiger partial charge in [0.25, 0.3) is 11.8 Å². The van der Waals surface area contributed by atoms with E-state index in [4.69, 9.17) is 25.5 Å². The highest BCUT2D eigenvalue weighted by atomic mass is 127. The topological polar surface area (TPSA) is 263 Å². The summed E-state index contributed by atoms with van der Waals surface area (Å²) in [7, 11) is -1.66. The van der Waals surface area contributed by atoms with Gasteiger partial charge in [-0.25, -0.2) is 25.6 Å². The zero-order valence-corrected chi connectivity index (χ0v) is 45.8. The number of hydrogen-bond acceptors (Lipinski definition) is 13. The summed E-state index contributed by atoms with van der Waals surface area (Å²) >= 11 is 1.95. The minimum Gasteiger partial charge on any atom is -0.481 e. The van der Waals surface area contributed by atoms with Crippen molar-refractivity contribution in [3.63, 3.8) is 0 Å². The zero-order chi connectivity index (χ0) is 55.7. The van der Waals surface area contributed by atoms with Gasteiger partial charge in [0.15, 0.2) is 11.6 Å². The van der Waals surface area contributed by atoms with Gasteiger partial charge >= 0.3 is 11.9 Å². The second-order valence-corrected chi connectivity index (χ2v) is 20.7. The number of rotatable bonds is 15. The number of halogens is 3. The molecule has 4 aromatic heterocycles. The first kappa shape index (κ1) is 61.2. The molecule has 6 rings (SSSR count). The average Bonchev–Trinajstić information content (AvgIpc) is 3.92. The van der Waals surface area contributed by atoms with E-state index in [9.17, 15) is 44.8 Å². The lowest BCUT2D eigenvalue weighted by atomic mass is 10.0. The van der Waals surface area contributed by atoms with Crippen molar-refractivity contribution < 1.29 is 63.8 Å². The monoisotopic (exact) mass is 1180 g/mol. The lowest BCUT2D eigenvalue weighted by molar-refractivity contribution is -0.137. The van der Waals surface area contributed by atoms with Gasteiger partial charge in [-0.1, -0.05) is 32.6 Å². The van der Waals surface area contributed by atoms with Gasteiger partial charge in [0.2, 0.25) is 31.5 Å². The molecular formula is C50H56F2IN7O12S2. The summed E-state index contributed by atoms with van der Waals surface area (Å²) in [5.74, 6) is 4.52. The van der Waals surface area contributed by atoms with Crippen LogP contribution in [0.3, 0.4) is 0 Å². The standard InChI is InChI=1S/C22H20FN3O6S.C17H15FIN3O4S.C6H15N.C5H6O2/c1-24-21(29)18-16-12-14(6-4-5-7-17(27)28)20(26(2)33(3,30)31)25-22(16)32-19(18)13-8-10-15(23)11-9-13;1-20-16(23)13-11-8-12(19)15(22(2)27(3,24)25)21-17(11)26-14(13)9-4-6-10(18)7-5-9;1-4-7(5-2)6-3;1-2-3-4-5(6)7/h8-12H,5,7H2,1-3H3,(H,24,29)(H,27,28);4-8H,1-3H3,(H,20,23);4-6H2,1-3H3;1H,3-4H2,(H,6,7).